The molecule has 0 aromatic carbocycles. The summed E-state index contributed by atoms with van der Waals surface area (Å²) in [5.41, 5.74) is 0.983. The molecule has 0 atom stereocenters. The van der Waals surface area contributed by atoms with Gasteiger partial charge in [0.15, 0.2) is 5.03 Å². The van der Waals surface area contributed by atoms with Crippen LogP contribution in [0.5, 0.6) is 0 Å². The second-order valence-electron chi connectivity index (χ2n) is 3.76. The van der Waals surface area contributed by atoms with Crippen LogP contribution in [0.15, 0.2) is 23.6 Å². The highest BCUT2D eigenvalue weighted by molar-refractivity contribution is 7.92. The van der Waals surface area contributed by atoms with Gasteiger partial charge in [-0.1, -0.05) is 0 Å². The normalized spacial score (nSPS) is 11.7. The molecule has 0 aliphatic rings. The largest absolute Gasteiger partial charge is 0.316 e. The van der Waals surface area contributed by atoms with Gasteiger partial charge in [-0.15, -0.1) is 0 Å². The first-order valence-corrected chi connectivity index (χ1v) is 6.69. The van der Waals surface area contributed by atoms with Gasteiger partial charge in [-0.05, 0) is 7.05 Å². The lowest BCUT2D eigenvalue weighted by atomic mass is 10.4. The Labute approximate surface area is 104 Å². The van der Waals surface area contributed by atoms with Crippen molar-refractivity contribution in [3.05, 3.63) is 24.2 Å². The van der Waals surface area contributed by atoms with Crippen molar-refractivity contribution in [3.63, 3.8) is 0 Å². The molecule has 2 aromatic heterocycles. The third-order valence-corrected chi connectivity index (χ3v) is 3.67. The number of hydrogen-bond acceptors (Lipinski definition) is 5. The van der Waals surface area contributed by atoms with Crippen LogP contribution in [0.4, 0.5) is 5.69 Å². The van der Waals surface area contributed by atoms with E-state index in [2.05, 4.69) is 25.3 Å². The van der Waals surface area contributed by atoms with Gasteiger partial charge in [0.2, 0.25) is 0 Å². The first kappa shape index (κ1) is 12.6. The molecule has 0 fully saturated rings. The van der Waals surface area contributed by atoms with Crippen molar-refractivity contribution in [2.45, 2.75) is 11.6 Å². The first-order chi connectivity index (χ1) is 8.53. The van der Waals surface area contributed by atoms with E-state index in [1.165, 1.54) is 17.1 Å². The topological polar surface area (TPSA) is 105 Å². The van der Waals surface area contributed by atoms with Crippen LogP contribution in [0.1, 0.15) is 5.56 Å². The van der Waals surface area contributed by atoms with Gasteiger partial charge in [-0.3, -0.25) is 14.5 Å². The number of aromatic amines is 1. The third-order valence-electron chi connectivity index (χ3n) is 2.27. The minimum atomic E-state index is -3.67. The Morgan fingerprint density at radius 3 is 2.83 bits per heavy atom. The average molecular weight is 270 g/mol. The highest BCUT2D eigenvalue weighted by atomic mass is 32.2. The van der Waals surface area contributed by atoms with Gasteiger partial charge >= 0.3 is 0 Å². The van der Waals surface area contributed by atoms with Crippen molar-refractivity contribution in [1.29, 1.82) is 0 Å². The van der Waals surface area contributed by atoms with E-state index in [9.17, 15) is 8.42 Å². The number of H-pyrrole nitrogens is 1. The second kappa shape index (κ2) is 4.78. The minimum Gasteiger partial charge on any atom is -0.316 e. The quantitative estimate of drug-likeness (QED) is 0.689. The minimum absolute atomic E-state index is 0.0562. The lowest BCUT2D eigenvalue weighted by Gasteiger charge is -2.05. The van der Waals surface area contributed by atoms with Gasteiger partial charge in [0, 0.05) is 25.4 Å². The fraction of sp³-hybridized carbons (Fsp3) is 0.333. The van der Waals surface area contributed by atoms with Crippen LogP contribution in [0.3, 0.4) is 0 Å². The third kappa shape index (κ3) is 2.51. The van der Waals surface area contributed by atoms with Crippen molar-refractivity contribution in [2.75, 3.05) is 11.8 Å². The summed E-state index contributed by atoms with van der Waals surface area (Å²) in [6.45, 7) is 0.416. The molecule has 2 heterocycles. The Morgan fingerprint density at radius 2 is 2.22 bits per heavy atom. The smallest absolute Gasteiger partial charge is 0.279 e. The van der Waals surface area contributed by atoms with Crippen molar-refractivity contribution < 1.29 is 8.42 Å². The maximum atomic E-state index is 12.1. The fourth-order valence-corrected chi connectivity index (χ4v) is 2.69. The summed E-state index contributed by atoms with van der Waals surface area (Å²) in [6, 6.07) is 0. The lowest BCUT2D eigenvalue weighted by Crippen LogP contribution is -2.16. The van der Waals surface area contributed by atoms with E-state index in [-0.39, 0.29) is 5.03 Å². The Bertz CT molecular complexity index is 629. The number of aryl methyl sites for hydroxylation is 1. The van der Waals surface area contributed by atoms with Crippen LogP contribution in [-0.4, -0.2) is 35.4 Å². The highest BCUT2D eigenvalue weighted by Crippen LogP contribution is 2.16. The van der Waals surface area contributed by atoms with Gasteiger partial charge in [0.25, 0.3) is 10.0 Å². The Balaban J connectivity index is 2.27. The highest BCUT2D eigenvalue weighted by Gasteiger charge is 2.21. The Morgan fingerprint density at radius 1 is 1.44 bits per heavy atom. The molecular weight excluding hydrogens is 256 g/mol. The summed E-state index contributed by atoms with van der Waals surface area (Å²) >= 11 is 0. The Hall–Kier alpha value is -1.87. The average Bonchev–Trinajstić information content (AvgIpc) is 2.88. The summed E-state index contributed by atoms with van der Waals surface area (Å²) < 4.78 is 28.2. The monoisotopic (exact) mass is 270 g/mol. The fourth-order valence-electron chi connectivity index (χ4n) is 1.53. The van der Waals surface area contributed by atoms with Crippen LogP contribution in [0, 0.1) is 0 Å². The van der Waals surface area contributed by atoms with E-state index in [0.29, 0.717) is 17.8 Å². The maximum absolute atomic E-state index is 12.1. The molecule has 0 radical (unpaired) electrons. The standard InChI is InChI=1S/C9H14N6O2S/c1-10-3-7-4-11-13-9(7)18(16,17)14-8-5-12-15(2)6-8/h4-6,10,14H,3H2,1-2H3,(H,11,13). The number of aromatic nitrogens is 4. The van der Waals surface area contributed by atoms with Crippen LogP contribution < -0.4 is 10.0 Å². The molecule has 0 unspecified atom stereocenters. The van der Waals surface area contributed by atoms with E-state index in [1.807, 2.05) is 0 Å². The zero-order valence-electron chi connectivity index (χ0n) is 10.0. The Kier molecular flexibility index (Phi) is 3.34. The molecule has 8 nitrogen and oxygen atoms in total. The lowest BCUT2D eigenvalue weighted by molar-refractivity contribution is 0.595. The molecule has 0 saturated heterocycles. The molecule has 0 amide bonds. The maximum Gasteiger partial charge on any atom is 0.279 e. The van der Waals surface area contributed by atoms with Gasteiger partial charge in [-0.2, -0.15) is 18.6 Å². The molecule has 0 aliphatic heterocycles. The van der Waals surface area contributed by atoms with Gasteiger partial charge in [0.05, 0.1) is 18.1 Å². The molecule has 2 rings (SSSR count). The molecule has 0 spiro atoms. The van der Waals surface area contributed by atoms with Gasteiger partial charge < -0.3 is 5.32 Å². The molecule has 3 N–H and O–H groups in total. The molecular formula is C9H14N6O2S. The predicted octanol–water partition coefficient (Wildman–Crippen LogP) is -0.337. The molecule has 0 bridgehead atoms. The van der Waals surface area contributed by atoms with E-state index in [4.69, 9.17) is 0 Å². The van der Waals surface area contributed by atoms with Crippen molar-refractivity contribution >= 4 is 15.7 Å². The summed E-state index contributed by atoms with van der Waals surface area (Å²) in [4.78, 5) is 0. The number of anilines is 1. The van der Waals surface area contributed by atoms with E-state index >= 15 is 0 Å². The van der Waals surface area contributed by atoms with Gasteiger partial charge in [0.1, 0.15) is 0 Å². The first-order valence-electron chi connectivity index (χ1n) is 5.21. The van der Waals surface area contributed by atoms with E-state index in [1.54, 1.807) is 20.3 Å². The van der Waals surface area contributed by atoms with E-state index < -0.39 is 10.0 Å². The van der Waals surface area contributed by atoms with Crippen molar-refractivity contribution in [2.24, 2.45) is 7.05 Å². The number of nitrogens with zero attached hydrogens (tertiary/aromatic N) is 3. The molecule has 9 heteroatoms. The van der Waals surface area contributed by atoms with E-state index in [0.717, 1.165) is 0 Å². The number of sulfonamides is 1. The van der Waals surface area contributed by atoms with Crippen LogP contribution >= 0.6 is 0 Å². The zero-order chi connectivity index (χ0) is 13.2. The van der Waals surface area contributed by atoms with Crippen molar-refractivity contribution in [1.82, 2.24) is 25.3 Å². The molecule has 0 saturated carbocycles. The van der Waals surface area contributed by atoms with Crippen LogP contribution in [0.25, 0.3) is 0 Å². The summed E-state index contributed by atoms with van der Waals surface area (Å²) in [6.07, 6.45) is 4.49. The molecule has 0 aliphatic carbocycles. The van der Waals surface area contributed by atoms with Crippen molar-refractivity contribution in [3.8, 4) is 0 Å². The number of hydrogen-bond donors (Lipinski definition) is 3. The summed E-state index contributed by atoms with van der Waals surface area (Å²) in [5.74, 6) is 0. The SMILES string of the molecule is CNCc1cn[nH]c1S(=O)(=O)Nc1cnn(C)c1. The summed E-state index contributed by atoms with van der Waals surface area (Å²) in [7, 11) is -0.228. The van der Waals surface area contributed by atoms with Gasteiger partial charge in [-0.25, -0.2) is 0 Å². The number of nitrogens with one attached hydrogen (secondary N) is 3. The molecule has 98 valence electrons. The number of rotatable bonds is 5. The van der Waals surface area contributed by atoms with Crippen LogP contribution in [-0.2, 0) is 23.6 Å². The molecule has 2 aromatic rings. The van der Waals surface area contributed by atoms with Crippen LogP contribution in [0.2, 0.25) is 0 Å². The zero-order valence-corrected chi connectivity index (χ0v) is 10.8. The predicted molar refractivity (Wildman–Crippen MR) is 65.4 cm³/mol. The summed E-state index contributed by atoms with van der Waals surface area (Å²) in [5, 5.41) is 13.1. The molecule has 18 heavy (non-hydrogen) atoms. The second-order valence-corrected chi connectivity index (χ2v) is 5.38.